The van der Waals surface area contributed by atoms with Gasteiger partial charge in [0.05, 0.1) is 0 Å². The summed E-state index contributed by atoms with van der Waals surface area (Å²) in [5.74, 6) is 1.09. The number of oxazole rings is 1. The molecule has 2 aliphatic rings. The molecule has 1 amide bonds. The highest BCUT2D eigenvalue weighted by atomic mass is 16.4. The third-order valence-corrected chi connectivity index (χ3v) is 6.31. The summed E-state index contributed by atoms with van der Waals surface area (Å²) in [7, 11) is 2.02. The van der Waals surface area contributed by atoms with Crippen LogP contribution in [0.4, 0.5) is 6.01 Å². The molecular weight excluding hydrogens is 326 g/mol. The van der Waals surface area contributed by atoms with Gasteiger partial charge in [-0.25, -0.2) is 0 Å². The predicted molar refractivity (Wildman–Crippen MR) is 103 cm³/mol. The number of para-hydroxylation sites is 2. The molecule has 2 fully saturated rings. The number of carbonyl (C=O) groups is 1. The summed E-state index contributed by atoms with van der Waals surface area (Å²) < 4.78 is 5.88. The maximum absolute atomic E-state index is 13.0. The van der Waals surface area contributed by atoms with Crippen LogP contribution in [-0.4, -0.2) is 42.0 Å². The van der Waals surface area contributed by atoms with Crippen molar-refractivity contribution in [2.24, 2.45) is 11.8 Å². The van der Waals surface area contributed by atoms with Gasteiger partial charge in [-0.2, -0.15) is 4.98 Å². The molecule has 26 heavy (non-hydrogen) atoms. The molecule has 140 valence electrons. The Balaban J connectivity index is 1.37. The molecule has 0 N–H and O–H groups in total. The van der Waals surface area contributed by atoms with Gasteiger partial charge in [0.25, 0.3) is 6.01 Å². The maximum Gasteiger partial charge on any atom is 0.298 e. The van der Waals surface area contributed by atoms with Crippen molar-refractivity contribution in [3.05, 3.63) is 24.3 Å². The lowest BCUT2D eigenvalue weighted by atomic mass is 9.84. The van der Waals surface area contributed by atoms with Crippen molar-refractivity contribution in [2.45, 2.75) is 51.5 Å². The zero-order valence-electron chi connectivity index (χ0n) is 15.9. The third-order valence-electron chi connectivity index (χ3n) is 6.31. The number of nitrogens with zero attached hydrogens (tertiary/aromatic N) is 3. The van der Waals surface area contributed by atoms with Crippen LogP contribution in [-0.2, 0) is 4.79 Å². The standard InChI is InChI=1S/C21H29N3O2/c1-15-7-3-5-9-18(15)23(2)20(25)16-11-13-24(14-12-16)21-22-17-8-4-6-10-19(17)26-21/h4,6,8,10,15-16,18H,3,5,7,9,11-14H2,1-2H3/t15-,18+/m1/s1. The van der Waals surface area contributed by atoms with Gasteiger partial charge in [0, 0.05) is 32.1 Å². The van der Waals surface area contributed by atoms with Crippen molar-refractivity contribution in [3.63, 3.8) is 0 Å². The number of rotatable bonds is 3. The summed E-state index contributed by atoms with van der Waals surface area (Å²) in [4.78, 5) is 21.8. The maximum atomic E-state index is 13.0. The van der Waals surface area contributed by atoms with Crippen LogP contribution in [0.2, 0.25) is 0 Å². The second kappa shape index (κ2) is 7.29. The molecular formula is C21H29N3O2. The van der Waals surface area contributed by atoms with Gasteiger partial charge in [-0.05, 0) is 43.7 Å². The predicted octanol–water partition coefficient (Wildman–Crippen LogP) is 4.08. The number of fused-ring (bicyclic) bond motifs is 1. The number of amides is 1. The topological polar surface area (TPSA) is 49.6 Å². The monoisotopic (exact) mass is 355 g/mol. The minimum Gasteiger partial charge on any atom is -0.423 e. The van der Waals surface area contributed by atoms with E-state index in [9.17, 15) is 4.79 Å². The number of aromatic nitrogens is 1. The molecule has 0 radical (unpaired) electrons. The number of benzene rings is 1. The lowest BCUT2D eigenvalue weighted by Crippen LogP contribution is -2.47. The van der Waals surface area contributed by atoms with Gasteiger partial charge in [-0.15, -0.1) is 0 Å². The van der Waals surface area contributed by atoms with Gasteiger partial charge in [0.2, 0.25) is 5.91 Å². The highest BCUT2D eigenvalue weighted by Crippen LogP contribution is 2.31. The Kier molecular flexibility index (Phi) is 4.88. The number of carbonyl (C=O) groups excluding carboxylic acids is 1. The lowest BCUT2D eigenvalue weighted by molar-refractivity contribution is -0.138. The minimum atomic E-state index is 0.134. The first-order chi connectivity index (χ1) is 12.6. The number of hydrogen-bond donors (Lipinski definition) is 0. The van der Waals surface area contributed by atoms with E-state index in [1.165, 1.54) is 19.3 Å². The molecule has 1 saturated carbocycles. The molecule has 1 saturated heterocycles. The summed E-state index contributed by atoms with van der Waals surface area (Å²) in [5.41, 5.74) is 1.72. The molecule has 0 unspecified atom stereocenters. The Morgan fingerprint density at radius 1 is 1.15 bits per heavy atom. The largest absolute Gasteiger partial charge is 0.423 e. The van der Waals surface area contributed by atoms with Crippen molar-refractivity contribution in [2.75, 3.05) is 25.0 Å². The Bertz CT molecular complexity index is 730. The first kappa shape index (κ1) is 17.4. The first-order valence-corrected chi connectivity index (χ1v) is 10.0. The summed E-state index contributed by atoms with van der Waals surface area (Å²) in [5, 5.41) is 0. The van der Waals surface area contributed by atoms with Crippen molar-refractivity contribution in [3.8, 4) is 0 Å². The summed E-state index contributed by atoms with van der Waals surface area (Å²) in [6, 6.07) is 8.96. The summed E-state index contributed by atoms with van der Waals surface area (Å²) >= 11 is 0. The van der Waals surface area contributed by atoms with Gasteiger partial charge < -0.3 is 14.2 Å². The van der Waals surface area contributed by atoms with Crippen LogP contribution in [0.1, 0.15) is 45.4 Å². The van der Waals surface area contributed by atoms with E-state index in [1.54, 1.807) is 0 Å². The SMILES string of the molecule is C[C@@H]1CCCC[C@@H]1N(C)C(=O)C1CCN(c2nc3ccccc3o2)CC1. The summed E-state index contributed by atoms with van der Waals surface area (Å²) in [6.07, 6.45) is 6.72. The number of anilines is 1. The second-order valence-electron chi connectivity index (χ2n) is 8.00. The van der Waals surface area contributed by atoms with Crippen LogP contribution in [0.15, 0.2) is 28.7 Å². The number of hydrogen-bond acceptors (Lipinski definition) is 4. The Hall–Kier alpha value is -2.04. The van der Waals surface area contributed by atoms with Crippen molar-refractivity contribution < 1.29 is 9.21 Å². The average Bonchev–Trinajstić information content (AvgIpc) is 3.11. The van der Waals surface area contributed by atoms with Gasteiger partial charge in [-0.1, -0.05) is 31.9 Å². The molecule has 2 atom stereocenters. The van der Waals surface area contributed by atoms with E-state index in [4.69, 9.17) is 4.42 Å². The van der Waals surface area contributed by atoms with E-state index in [2.05, 4.69) is 21.7 Å². The van der Waals surface area contributed by atoms with E-state index in [-0.39, 0.29) is 5.92 Å². The van der Waals surface area contributed by atoms with E-state index < -0.39 is 0 Å². The smallest absolute Gasteiger partial charge is 0.298 e. The van der Waals surface area contributed by atoms with Crippen LogP contribution in [0.5, 0.6) is 0 Å². The highest BCUT2D eigenvalue weighted by Gasteiger charge is 2.33. The third kappa shape index (κ3) is 3.31. The normalized spacial score (nSPS) is 24.8. The van der Waals surface area contributed by atoms with Crippen molar-refractivity contribution >= 4 is 23.0 Å². The molecule has 2 aromatic rings. The van der Waals surface area contributed by atoms with Crippen molar-refractivity contribution in [1.29, 1.82) is 0 Å². The van der Waals surface area contributed by atoms with Crippen LogP contribution < -0.4 is 4.90 Å². The Morgan fingerprint density at radius 3 is 2.62 bits per heavy atom. The zero-order chi connectivity index (χ0) is 18.1. The fraction of sp³-hybridized carbons (Fsp3) is 0.619. The van der Waals surface area contributed by atoms with E-state index >= 15 is 0 Å². The minimum absolute atomic E-state index is 0.134. The number of piperidine rings is 1. The van der Waals surface area contributed by atoms with E-state index in [0.717, 1.165) is 43.5 Å². The van der Waals surface area contributed by atoms with Crippen molar-refractivity contribution in [1.82, 2.24) is 9.88 Å². The van der Waals surface area contributed by atoms with E-state index in [1.807, 2.05) is 31.3 Å². The fourth-order valence-electron chi connectivity index (χ4n) is 4.64. The first-order valence-electron chi connectivity index (χ1n) is 10.0. The highest BCUT2D eigenvalue weighted by molar-refractivity contribution is 5.79. The fourth-order valence-corrected chi connectivity index (χ4v) is 4.64. The quantitative estimate of drug-likeness (QED) is 0.832. The van der Waals surface area contributed by atoms with Gasteiger partial charge in [0.15, 0.2) is 5.58 Å². The molecule has 5 heteroatoms. The molecule has 1 aromatic carbocycles. The van der Waals surface area contributed by atoms with Crippen LogP contribution in [0.25, 0.3) is 11.1 Å². The van der Waals surface area contributed by atoms with Crippen LogP contribution in [0, 0.1) is 11.8 Å². The molecule has 4 rings (SSSR count). The molecule has 0 spiro atoms. The molecule has 1 aliphatic carbocycles. The Morgan fingerprint density at radius 2 is 1.88 bits per heavy atom. The molecule has 5 nitrogen and oxygen atoms in total. The van der Waals surface area contributed by atoms with Gasteiger partial charge in [0.1, 0.15) is 5.52 Å². The van der Waals surface area contributed by atoms with Gasteiger partial charge >= 0.3 is 0 Å². The average molecular weight is 355 g/mol. The van der Waals surface area contributed by atoms with Crippen LogP contribution >= 0.6 is 0 Å². The molecule has 1 aromatic heterocycles. The Labute approximate surface area is 155 Å². The molecule has 0 bridgehead atoms. The molecule has 1 aliphatic heterocycles. The zero-order valence-corrected chi connectivity index (χ0v) is 15.9. The molecule has 2 heterocycles. The van der Waals surface area contributed by atoms with Crippen LogP contribution in [0.3, 0.4) is 0 Å². The summed E-state index contributed by atoms with van der Waals surface area (Å²) in [6.45, 7) is 3.96. The van der Waals surface area contributed by atoms with Gasteiger partial charge in [-0.3, -0.25) is 4.79 Å². The lowest BCUT2D eigenvalue weighted by Gasteiger charge is -2.39. The second-order valence-corrected chi connectivity index (χ2v) is 8.00. The van der Waals surface area contributed by atoms with E-state index in [0.29, 0.717) is 23.9 Å².